The molecule has 3 atom stereocenters. The zero-order chi connectivity index (χ0) is 11.2. The predicted molar refractivity (Wildman–Crippen MR) is 61.7 cm³/mol. The first-order chi connectivity index (χ1) is 7.90. The first-order valence-corrected chi connectivity index (χ1v) is 5.96. The van der Waals surface area contributed by atoms with Crippen molar-refractivity contribution in [2.75, 3.05) is 19.6 Å². The normalized spacial score (nSPS) is 34.6. The lowest BCUT2D eigenvalue weighted by Crippen LogP contribution is -2.48. The Hall–Kier alpha value is -0.940. The summed E-state index contributed by atoms with van der Waals surface area (Å²) in [5.74, 6) is 0. The Kier molecular flexibility index (Phi) is 4.30. The molecule has 0 aromatic heterocycles. The number of rotatable bonds is 4. The van der Waals surface area contributed by atoms with Gasteiger partial charge in [0, 0.05) is 19.3 Å². The van der Waals surface area contributed by atoms with Crippen LogP contribution in [-0.4, -0.2) is 50.5 Å². The SMILES string of the molecule is O=CNC1C=NCCC1O[C@@H]1CCCNC1. The number of carbonyl (C=O) groups excluding carboxylic acids is 1. The third-order valence-electron chi connectivity index (χ3n) is 3.09. The van der Waals surface area contributed by atoms with Crippen LogP contribution in [0.1, 0.15) is 19.3 Å². The monoisotopic (exact) mass is 225 g/mol. The third-order valence-corrected chi connectivity index (χ3v) is 3.09. The van der Waals surface area contributed by atoms with E-state index in [9.17, 15) is 4.79 Å². The maximum atomic E-state index is 10.5. The van der Waals surface area contributed by atoms with E-state index >= 15 is 0 Å². The van der Waals surface area contributed by atoms with Gasteiger partial charge in [0.15, 0.2) is 0 Å². The predicted octanol–water partition coefficient (Wildman–Crippen LogP) is -0.287. The second-order valence-corrected chi connectivity index (χ2v) is 4.30. The number of amides is 1. The van der Waals surface area contributed by atoms with Crippen LogP contribution in [0.4, 0.5) is 0 Å². The first-order valence-electron chi connectivity index (χ1n) is 5.96. The van der Waals surface area contributed by atoms with Crippen molar-refractivity contribution in [3.8, 4) is 0 Å². The van der Waals surface area contributed by atoms with Gasteiger partial charge in [0.2, 0.25) is 6.41 Å². The fourth-order valence-corrected chi connectivity index (χ4v) is 2.23. The lowest BCUT2D eigenvalue weighted by Gasteiger charge is -2.32. The van der Waals surface area contributed by atoms with Crippen LogP contribution in [0.3, 0.4) is 0 Å². The van der Waals surface area contributed by atoms with Gasteiger partial charge in [-0.05, 0) is 25.8 Å². The van der Waals surface area contributed by atoms with Crippen molar-refractivity contribution in [2.24, 2.45) is 4.99 Å². The summed E-state index contributed by atoms with van der Waals surface area (Å²) in [5, 5.41) is 6.07. The Labute approximate surface area is 95.6 Å². The van der Waals surface area contributed by atoms with E-state index < -0.39 is 0 Å². The van der Waals surface area contributed by atoms with Gasteiger partial charge in [-0.2, -0.15) is 0 Å². The fourth-order valence-electron chi connectivity index (χ4n) is 2.23. The second-order valence-electron chi connectivity index (χ2n) is 4.30. The van der Waals surface area contributed by atoms with E-state index in [1.165, 1.54) is 0 Å². The first kappa shape index (κ1) is 11.5. The van der Waals surface area contributed by atoms with Gasteiger partial charge in [-0.3, -0.25) is 9.79 Å². The molecular weight excluding hydrogens is 206 g/mol. The van der Waals surface area contributed by atoms with Crippen molar-refractivity contribution < 1.29 is 9.53 Å². The second kappa shape index (κ2) is 5.96. The number of carbonyl (C=O) groups is 1. The Bertz CT molecular complexity index is 252. The molecule has 2 heterocycles. The standard InChI is InChI=1S/C11H19N3O2/c15-8-14-10-7-13-5-3-11(10)16-9-2-1-4-12-6-9/h7-12H,1-6H2,(H,14,15)/t9-,10?,11?/m1/s1. The molecular formula is C11H19N3O2. The average molecular weight is 225 g/mol. The molecule has 1 amide bonds. The molecule has 90 valence electrons. The molecule has 0 aromatic rings. The number of ether oxygens (including phenoxy) is 1. The molecule has 16 heavy (non-hydrogen) atoms. The van der Waals surface area contributed by atoms with E-state index in [1.54, 1.807) is 6.21 Å². The Morgan fingerprint density at radius 1 is 1.50 bits per heavy atom. The quantitative estimate of drug-likeness (QED) is 0.646. The summed E-state index contributed by atoms with van der Waals surface area (Å²) < 4.78 is 6.02. The lowest BCUT2D eigenvalue weighted by atomic mass is 10.0. The molecule has 1 saturated heterocycles. The molecule has 5 nitrogen and oxygen atoms in total. The van der Waals surface area contributed by atoms with E-state index in [0.29, 0.717) is 0 Å². The van der Waals surface area contributed by atoms with Crippen LogP contribution < -0.4 is 10.6 Å². The van der Waals surface area contributed by atoms with Crippen LogP contribution in [0, 0.1) is 0 Å². The maximum absolute atomic E-state index is 10.5. The summed E-state index contributed by atoms with van der Waals surface area (Å²) >= 11 is 0. The van der Waals surface area contributed by atoms with Crippen molar-refractivity contribution >= 4 is 12.6 Å². The van der Waals surface area contributed by atoms with Crippen LogP contribution >= 0.6 is 0 Å². The molecule has 0 aromatic carbocycles. The summed E-state index contributed by atoms with van der Waals surface area (Å²) in [6.45, 7) is 2.80. The van der Waals surface area contributed by atoms with Crippen LogP contribution in [0.25, 0.3) is 0 Å². The van der Waals surface area contributed by atoms with Crippen LogP contribution in [0.15, 0.2) is 4.99 Å². The minimum Gasteiger partial charge on any atom is -0.371 e. The number of hydrogen-bond acceptors (Lipinski definition) is 4. The van der Waals surface area contributed by atoms with E-state index in [4.69, 9.17) is 4.74 Å². The van der Waals surface area contributed by atoms with Gasteiger partial charge in [-0.25, -0.2) is 0 Å². The number of nitrogens with one attached hydrogen (secondary N) is 2. The van der Waals surface area contributed by atoms with E-state index in [1.807, 2.05) is 0 Å². The Morgan fingerprint density at radius 2 is 2.44 bits per heavy atom. The zero-order valence-corrected chi connectivity index (χ0v) is 9.39. The smallest absolute Gasteiger partial charge is 0.207 e. The third kappa shape index (κ3) is 3.02. The van der Waals surface area contributed by atoms with Gasteiger partial charge in [0.1, 0.15) is 0 Å². The molecule has 2 unspecified atom stereocenters. The Morgan fingerprint density at radius 3 is 3.19 bits per heavy atom. The maximum Gasteiger partial charge on any atom is 0.207 e. The fraction of sp³-hybridized carbons (Fsp3) is 0.818. The van der Waals surface area contributed by atoms with Crippen LogP contribution in [-0.2, 0) is 9.53 Å². The summed E-state index contributed by atoms with van der Waals surface area (Å²) in [6.07, 6.45) is 6.02. The van der Waals surface area contributed by atoms with Crippen LogP contribution in [0.2, 0.25) is 0 Å². The molecule has 5 heteroatoms. The number of nitrogens with zero attached hydrogens (tertiary/aromatic N) is 1. The highest BCUT2D eigenvalue weighted by Gasteiger charge is 2.26. The van der Waals surface area contributed by atoms with Crippen LogP contribution in [0.5, 0.6) is 0 Å². The molecule has 0 aliphatic carbocycles. The molecule has 0 spiro atoms. The molecule has 0 radical (unpaired) electrons. The summed E-state index contributed by atoms with van der Waals surface area (Å²) in [6, 6.07) is -0.0619. The van der Waals surface area contributed by atoms with Gasteiger partial charge >= 0.3 is 0 Å². The molecule has 0 saturated carbocycles. The van der Waals surface area contributed by atoms with Crippen molar-refractivity contribution in [3.05, 3.63) is 0 Å². The molecule has 0 bridgehead atoms. The van der Waals surface area contributed by atoms with E-state index in [2.05, 4.69) is 15.6 Å². The van der Waals surface area contributed by atoms with Crippen molar-refractivity contribution in [3.63, 3.8) is 0 Å². The number of piperidine rings is 1. The lowest BCUT2D eigenvalue weighted by molar-refractivity contribution is -0.111. The van der Waals surface area contributed by atoms with Crippen molar-refractivity contribution in [1.82, 2.24) is 10.6 Å². The van der Waals surface area contributed by atoms with Gasteiger partial charge in [0.05, 0.1) is 18.2 Å². The molecule has 2 aliphatic heterocycles. The van der Waals surface area contributed by atoms with Gasteiger partial charge in [-0.15, -0.1) is 0 Å². The number of aliphatic imine (C=N–C) groups is 1. The van der Waals surface area contributed by atoms with E-state index in [0.717, 1.165) is 45.3 Å². The zero-order valence-electron chi connectivity index (χ0n) is 9.39. The topological polar surface area (TPSA) is 62.7 Å². The summed E-state index contributed by atoms with van der Waals surface area (Å²) in [7, 11) is 0. The molecule has 1 fully saturated rings. The van der Waals surface area contributed by atoms with Crippen molar-refractivity contribution in [1.29, 1.82) is 0 Å². The highest BCUT2D eigenvalue weighted by molar-refractivity contribution is 5.70. The van der Waals surface area contributed by atoms with E-state index in [-0.39, 0.29) is 18.2 Å². The Balaban J connectivity index is 1.85. The summed E-state index contributed by atoms with van der Waals surface area (Å²) in [4.78, 5) is 14.6. The molecule has 2 N–H and O–H groups in total. The number of hydrogen-bond donors (Lipinski definition) is 2. The van der Waals surface area contributed by atoms with Crippen molar-refractivity contribution in [2.45, 2.75) is 37.5 Å². The highest BCUT2D eigenvalue weighted by Crippen LogP contribution is 2.15. The van der Waals surface area contributed by atoms with Gasteiger partial charge in [0.25, 0.3) is 0 Å². The highest BCUT2D eigenvalue weighted by atomic mass is 16.5. The average Bonchev–Trinajstić information content (AvgIpc) is 2.33. The van der Waals surface area contributed by atoms with Gasteiger partial charge < -0.3 is 15.4 Å². The molecule has 2 rings (SSSR count). The minimum absolute atomic E-state index is 0.0619. The summed E-state index contributed by atoms with van der Waals surface area (Å²) in [5.41, 5.74) is 0. The van der Waals surface area contributed by atoms with Gasteiger partial charge in [-0.1, -0.05) is 0 Å². The molecule has 2 aliphatic rings. The minimum atomic E-state index is -0.0619. The largest absolute Gasteiger partial charge is 0.371 e.